The summed E-state index contributed by atoms with van der Waals surface area (Å²) in [7, 11) is 0. The third kappa shape index (κ3) is 5.00. The number of hydrogen-bond donors (Lipinski definition) is 2. The summed E-state index contributed by atoms with van der Waals surface area (Å²) in [6.45, 7) is 5.94. The summed E-state index contributed by atoms with van der Waals surface area (Å²) in [6, 6.07) is 14.4. The van der Waals surface area contributed by atoms with Gasteiger partial charge in [0.25, 0.3) is 5.91 Å². The summed E-state index contributed by atoms with van der Waals surface area (Å²) in [4.78, 5) is 24.6. The molecule has 1 aliphatic heterocycles. The van der Waals surface area contributed by atoms with Crippen molar-refractivity contribution < 1.29 is 19.1 Å². The van der Waals surface area contributed by atoms with E-state index in [4.69, 9.17) is 9.47 Å². The fourth-order valence-corrected chi connectivity index (χ4v) is 2.89. The summed E-state index contributed by atoms with van der Waals surface area (Å²) >= 11 is 0. The first-order valence-corrected chi connectivity index (χ1v) is 8.94. The second-order valence-electron chi connectivity index (χ2n) is 7.41. The van der Waals surface area contributed by atoms with Gasteiger partial charge >= 0.3 is 6.09 Å². The van der Waals surface area contributed by atoms with Crippen LogP contribution in [0.15, 0.2) is 48.5 Å². The van der Waals surface area contributed by atoms with Crippen molar-refractivity contribution in [1.82, 2.24) is 5.32 Å². The number of hydrogen-bond acceptors (Lipinski definition) is 4. The van der Waals surface area contributed by atoms with Gasteiger partial charge in [0.15, 0.2) is 0 Å². The Morgan fingerprint density at radius 3 is 2.67 bits per heavy atom. The smallest absolute Gasteiger partial charge is 0.412 e. The Morgan fingerprint density at radius 1 is 1.11 bits per heavy atom. The summed E-state index contributed by atoms with van der Waals surface area (Å²) < 4.78 is 10.9. The Balaban J connectivity index is 1.69. The molecule has 6 heteroatoms. The lowest BCUT2D eigenvalue weighted by Gasteiger charge is -2.26. The highest BCUT2D eigenvalue weighted by molar-refractivity contribution is 5.96. The predicted octanol–water partition coefficient (Wildman–Crippen LogP) is 4.29. The zero-order valence-electron chi connectivity index (χ0n) is 15.7. The maximum Gasteiger partial charge on any atom is 0.412 e. The first-order chi connectivity index (χ1) is 12.8. The van der Waals surface area contributed by atoms with Crippen molar-refractivity contribution in [2.45, 2.75) is 38.8 Å². The lowest BCUT2D eigenvalue weighted by Crippen LogP contribution is -2.32. The summed E-state index contributed by atoms with van der Waals surface area (Å²) in [5, 5.41) is 5.70. The number of amides is 2. The van der Waals surface area contributed by atoms with Crippen molar-refractivity contribution in [1.29, 1.82) is 0 Å². The molecular formula is C21H24N2O4. The molecule has 6 nitrogen and oxygen atoms in total. The normalized spacial score (nSPS) is 15.9. The van der Waals surface area contributed by atoms with Gasteiger partial charge in [0.1, 0.15) is 11.4 Å². The summed E-state index contributed by atoms with van der Waals surface area (Å²) in [5.41, 5.74) is 1.35. The average molecular weight is 368 g/mol. The number of fused-ring (bicyclic) bond motifs is 1. The van der Waals surface area contributed by atoms with E-state index in [-0.39, 0.29) is 11.9 Å². The third-order valence-corrected chi connectivity index (χ3v) is 4.03. The maximum absolute atomic E-state index is 12.7. The van der Waals surface area contributed by atoms with E-state index < -0.39 is 11.7 Å². The number of benzene rings is 2. The Morgan fingerprint density at radius 2 is 1.89 bits per heavy atom. The molecule has 0 saturated heterocycles. The molecule has 27 heavy (non-hydrogen) atoms. The van der Waals surface area contributed by atoms with Crippen molar-refractivity contribution in [3.8, 4) is 5.75 Å². The minimum Gasteiger partial charge on any atom is -0.493 e. The molecule has 0 bridgehead atoms. The van der Waals surface area contributed by atoms with Gasteiger partial charge < -0.3 is 14.8 Å². The first kappa shape index (κ1) is 18.8. The molecule has 2 N–H and O–H groups in total. The number of rotatable bonds is 3. The van der Waals surface area contributed by atoms with Gasteiger partial charge in [-0.15, -0.1) is 0 Å². The molecule has 2 amide bonds. The SMILES string of the molecule is CC(C)(C)OC(=O)Nc1cccc(C(=O)NC2CCOc3ccccc32)c1. The van der Waals surface area contributed by atoms with Crippen LogP contribution in [0.5, 0.6) is 5.75 Å². The van der Waals surface area contributed by atoms with Crippen LogP contribution in [-0.2, 0) is 4.74 Å². The number of anilines is 1. The molecule has 142 valence electrons. The summed E-state index contributed by atoms with van der Waals surface area (Å²) in [6.07, 6.45) is 0.150. The highest BCUT2D eigenvalue weighted by Crippen LogP contribution is 2.31. The monoisotopic (exact) mass is 368 g/mol. The fourth-order valence-electron chi connectivity index (χ4n) is 2.89. The molecule has 1 unspecified atom stereocenters. The van der Waals surface area contributed by atoms with Crippen LogP contribution in [0.25, 0.3) is 0 Å². The minimum atomic E-state index is -0.588. The van der Waals surface area contributed by atoms with E-state index in [2.05, 4.69) is 10.6 Å². The Kier molecular flexibility index (Phi) is 5.35. The van der Waals surface area contributed by atoms with E-state index in [9.17, 15) is 9.59 Å². The fraction of sp³-hybridized carbons (Fsp3) is 0.333. The van der Waals surface area contributed by atoms with Crippen LogP contribution >= 0.6 is 0 Å². The molecule has 3 rings (SSSR count). The van der Waals surface area contributed by atoms with Gasteiger partial charge in [-0.25, -0.2) is 4.79 Å². The van der Waals surface area contributed by atoms with Crippen molar-refractivity contribution in [3.63, 3.8) is 0 Å². The number of ether oxygens (including phenoxy) is 2. The van der Waals surface area contributed by atoms with Crippen LogP contribution in [-0.4, -0.2) is 24.2 Å². The Hall–Kier alpha value is -3.02. The van der Waals surface area contributed by atoms with Crippen LogP contribution in [0.1, 0.15) is 49.2 Å². The molecule has 0 saturated carbocycles. The molecule has 0 radical (unpaired) electrons. The lowest BCUT2D eigenvalue weighted by atomic mass is 10.00. The summed E-state index contributed by atoms with van der Waals surface area (Å²) in [5.74, 6) is 0.596. The highest BCUT2D eigenvalue weighted by Gasteiger charge is 2.23. The van der Waals surface area contributed by atoms with E-state index in [1.54, 1.807) is 45.0 Å². The molecule has 1 heterocycles. The van der Waals surface area contributed by atoms with Crippen molar-refractivity contribution >= 4 is 17.7 Å². The topological polar surface area (TPSA) is 76.7 Å². The molecule has 0 aromatic heterocycles. The molecule has 2 aromatic rings. The standard InChI is InChI=1S/C21H24N2O4/c1-21(2,3)27-20(25)22-15-8-6-7-14(13-15)19(24)23-17-11-12-26-18-10-5-4-9-16(17)18/h4-10,13,17H,11-12H2,1-3H3,(H,22,25)(H,23,24). The van der Waals surface area contributed by atoms with Gasteiger partial charge in [0, 0.05) is 23.2 Å². The van der Waals surface area contributed by atoms with E-state index in [1.807, 2.05) is 24.3 Å². The zero-order valence-corrected chi connectivity index (χ0v) is 15.7. The van der Waals surface area contributed by atoms with Gasteiger partial charge in [0.2, 0.25) is 0 Å². The third-order valence-electron chi connectivity index (χ3n) is 4.03. The van der Waals surface area contributed by atoms with Crippen molar-refractivity contribution in [2.75, 3.05) is 11.9 Å². The second kappa shape index (κ2) is 7.70. The number of carbonyl (C=O) groups excluding carboxylic acids is 2. The van der Waals surface area contributed by atoms with E-state index >= 15 is 0 Å². The van der Waals surface area contributed by atoms with E-state index in [1.165, 1.54) is 0 Å². The Labute approximate surface area is 158 Å². The molecule has 0 fully saturated rings. The van der Waals surface area contributed by atoms with Crippen LogP contribution in [0, 0.1) is 0 Å². The van der Waals surface area contributed by atoms with Gasteiger partial charge in [0.05, 0.1) is 12.6 Å². The van der Waals surface area contributed by atoms with Crippen molar-refractivity contribution in [3.05, 3.63) is 59.7 Å². The predicted molar refractivity (Wildman–Crippen MR) is 103 cm³/mol. The average Bonchev–Trinajstić information content (AvgIpc) is 2.60. The maximum atomic E-state index is 12.7. The van der Waals surface area contributed by atoms with Gasteiger partial charge in [-0.2, -0.15) is 0 Å². The van der Waals surface area contributed by atoms with Gasteiger partial charge in [-0.3, -0.25) is 10.1 Å². The molecule has 0 aliphatic carbocycles. The molecule has 0 spiro atoms. The molecule has 1 aliphatic rings. The van der Waals surface area contributed by atoms with Gasteiger partial charge in [-0.05, 0) is 45.0 Å². The number of carbonyl (C=O) groups is 2. The lowest BCUT2D eigenvalue weighted by molar-refractivity contribution is 0.0635. The quantitative estimate of drug-likeness (QED) is 0.847. The number of nitrogens with one attached hydrogen (secondary N) is 2. The van der Waals surface area contributed by atoms with Crippen LogP contribution in [0.3, 0.4) is 0 Å². The van der Waals surface area contributed by atoms with Crippen molar-refractivity contribution in [2.24, 2.45) is 0 Å². The van der Waals surface area contributed by atoms with E-state index in [0.717, 1.165) is 11.3 Å². The number of para-hydroxylation sites is 1. The van der Waals surface area contributed by atoms with Crippen LogP contribution in [0.4, 0.5) is 10.5 Å². The minimum absolute atomic E-state index is 0.107. The molecule has 2 aromatic carbocycles. The highest BCUT2D eigenvalue weighted by atomic mass is 16.6. The van der Waals surface area contributed by atoms with E-state index in [0.29, 0.717) is 24.3 Å². The molecule has 1 atom stereocenters. The molecular weight excluding hydrogens is 344 g/mol. The van der Waals surface area contributed by atoms with Gasteiger partial charge in [-0.1, -0.05) is 24.3 Å². The second-order valence-corrected chi connectivity index (χ2v) is 7.41. The van der Waals surface area contributed by atoms with Crippen LogP contribution < -0.4 is 15.4 Å². The Bertz CT molecular complexity index is 842. The first-order valence-electron chi connectivity index (χ1n) is 8.94. The van der Waals surface area contributed by atoms with Crippen LogP contribution in [0.2, 0.25) is 0 Å². The largest absolute Gasteiger partial charge is 0.493 e. The zero-order chi connectivity index (χ0) is 19.4.